The highest BCUT2D eigenvalue weighted by Gasteiger charge is 2.06. The molecule has 0 spiro atoms. The number of fused-ring (bicyclic) bond motifs is 1. The maximum atomic E-state index is 10.6. The van der Waals surface area contributed by atoms with E-state index in [2.05, 4.69) is 29.6 Å². The van der Waals surface area contributed by atoms with Crippen molar-refractivity contribution in [1.29, 1.82) is 0 Å². The second-order valence-corrected chi connectivity index (χ2v) is 4.49. The minimum atomic E-state index is 0.114. The van der Waals surface area contributed by atoms with Gasteiger partial charge in [-0.3, -0.25) is 0 Å². The molecule has 0 N–H and O–H groups in total. The lowest BCUT2D eigenvalue weighted by Gasteiger charge is -2.04. The summed E-state index contributed by atoms with van der Waals surface area (Å²) in [6, 6.07) is 8.40. The summed E-state index contributed by atoms with van der Waals surface area (Å²) in [4.78, 5) is 10.6. The molecule has 1 aromatic carbocycles. The zero-order valence-corrected chi connectivity index (χ0v) is 8.88. The van der Waals surface area contributed by atoms with Crippen LogP contribution in [0.4, 0.5) is 0 Å². The largest absolute Gasteiger partial charge is 0.303 e. The van der Waals surface area contributed by atoms with Crippen LogP contribution in [0.3, 0.4) is 0 Å². The van der Waals surface area contributed by atoms with Gasteiger partial charge in [-0.05, 0) is 28.8 Å². The lowest BCUT2D eigenvalue weighted by atomic mass is 10.0. The van der Waals surface area contributed by atoms with Gasteiger partial charge in [0.15, 0.2) is 0 Å². The van der Waals surface area contributed by atoms with Crippen LogP contribution >= 0.6 is 11.3 Å². The number of carbonyl (C=O) groups is 1. The molecule has 0 radical (unpaired) electrons. The summed E-state index contributed by atoms with van der Waals surface area (Å²) in [6.45, 7) is 1.96. The SMILES string of the molecule is CC(C=O)Cc1cccc2ccsc12. The van der Waals surface area contributed by atoms with E-state index < -0.39 is 0 Å². The molecule has 0 saturated heterocycles. The highest BCUT2D eigenvalue weighted by atomic mass is 32.1. The highest BCUT2D eigenvalue weighted by Crippen LogP contribution is 2.26. The van der Waals surface area contributed by atoms with Crippen LogP contribution < -0.4 is 0 Å². The van der Waals surface area contributed by atoms with Gasteiger partial charge in [0.25, 0.3) is 0 Å². The van der Waals surface area contributed by atoms with Gasteiger partial charge in [-0.2, -0.15) is 0 Å². The van der Waals surface area contributed by atoms with Crippen LogP contribution in [0.5, 0.6) is 0 Å². The third-order valence-corrected chi connectivity index (χ3v) is 3.34. The minimum Gasteiger partial charge on any atom is -0.303 e. The van der Waals surface area contributed by atoms with Crippen LogP contribution in [-0.2, 0) is 11.2 Å². The predicted molar refractivity (Wildman–Crippen MR) is 60.8 cm³/mol. The van der Waals surface area contributed by atoms with Crippen LogP contribution in [0, 0.1) is 5.92 Å². The smallest absolute Gasteiger partial charge is 0.123 e. The number of aldehydes is 1. The topological polar surface area (TPSA) is 17.1 Å². The Morgan fingerprint density at radius 3 is 3.07 bits per heavy atom. The standard InChI is InChI=1S/C12H12OS/c1-9(8-13)7-11-4-2-3-10-5-6-14-12(10)11/h2-6,8-9H,7H2,1H3. The first-order chi connectivity index (χ1) is 6.81. The summed E-state index contributed by atoms with van der Waals surface area (Å²) in [5, 5.41) is 3.38. The molecule has 1 unspecified atom stereocenters. The molecule has 0 amide bonds. The van der Waals surface area contributed by atoms with Crippen molar-refractivity contribution in [2.75, 3.05) is 0 Å². The molecule has 0 aliphatic heterocycles. The van der Waals surface area contributed by atoms with E-state index in [0.717, 1.165) is 12.7 Å². The van der Waals surface area contributed by atoms with Gasteiger partial charge in [0, 0.05) is 10.6 Å². The van der Waals surface area contributed by atoms with Gasteiger partial charge in [0.1, 0.15) is 6.29 Å². The molecule has 1 nitrogen and oxygen atoms in total. The number of rotatable bonds is 3. The summed E-state index contributed by atoms with van der Waals surface area (Å²) in [5.41, 5.74) is 1.29. The van der Waals surface area contributed by atoms with Crippen molar-refractivity contribution in [3.8, 4) is 0 Å². The predicted octanol–water partition coefficient (Wildman–Crippen LogP) is 3.28. The number of thiophene rings is 1. The van der Waals surface area contributed by atoms with Gasteiger partial charge in [-0.25, -0.2) is 0 Å². The number of hydrogen-bond acceptors (Lipinski definition) is 2. The first-order valence-corrected chi connectivity index (χ1v) is 5.59. The molecule has 2 heteroatoms. The summed E-state index contributed by atoms with van der Waals surface area (Å²) >= 11 is 1.75. The van der Waals surface area contributed by atoms with Crippen molar-refractivity contribution < 1.29 is 4.79 Å². The lowest BCUT2D eigenvalue weighted by Crippen LogP contribution is -2.00. The van der Waals surface area contributed by atoms with Crippen molar-refractivity contribution in [1.82, 2.24) is 0 Å². The molecule has 1 atom stereocenters. The fourth-order valence-corrected chi connectivity index (χ4v) is 2.54. The van der Waals surface area contributed by atoms with Gasteiger partial charge < -0.3 is 4.79 Å². The molecule has 0 bridgehead atoms. The molecule has 1 heterocycles. The summed E-state index contributed by atoms with van der Waals surface area (Å²) in [5.74, 6) is 0.114. The van der Waals surface area contributed by atoms with Gasteiger partial charge in [-0.15, -0.1) is 11.3 Å². The third-order valence-electron chi connectivity index (χ3n) is 2.33. The number of carbonyl (C=O) groups excluding carboxylic acids is 1. The Hall–Kier alpha value is -1.15. The second-order valence-electron chi connectivity index (χ2n) is 3.57. The summed E-state index contributed by atoms with van der Waals surface area (Å²) < 4.78 is 1.32. The van der Waals surface area contributed by atoms with Crippen molar-refractivity contribution in [2.45, 2.75) is 13.3 Å². The zero-order chi connectivity index (χ0) is 9.97. The Labute approximate surface area is 87.4 Å². The van der Waals surface area contributed by atoms with E-state index in [9.17, 15) is 4.79 Å². The van der Waals surface area contributed by atoms with E-state index in [0.29, 0.717) is 0 Å². The van der Waals surface area contributed by atoms with E-state index in [-0.39, 0.29) is 5.92 Å². The maximum absolute atomic E-state index is 10.6. The Bertz CT molecular complexity index is 444. The Kier molecular flexibility index (Phi) is 2.64. The lowest BCUT2D eigenvalue weighted by molar-refractivity contribution is -0.110. The number of benzene rings is 1. The monoisotopic (exact) mass is 204 g/mol. The van der Waals surface area contributed by atoms with Crippen LogP contribution in [0.25, 0.3) is 10.1 Å². The molecule has 0 saturated carbocycles. The van der Waals surface area contributed by atoms with Crippen LogP contribution in [-0.4, -0.2) is 6.29 Å². The number of hydrogen-bond donors (Lipinski definition) is 0. The highest BCUT2D eigenvalue weighted by molar-refractivity contribution is 7.17. The van der Waals surface area contributed by atoms with E-state index >= 15 is 0 Å². The van der Waals surface area contributed by atoms with Crippen LogP contribution in [0.1, 0.15) is 12.5 Å². The minimum absolute atomic E-state index is 0.114. The van der Waals surface area contributed by atoms with E-state index in [4.69, 9.17) is 0 Å². The second kappa shape index (κ2) is 3.93. The molecule has 2 aromatic rings. The van der Waals surface area contributed by atoms with Crippen molar-refractivity contribution in [3.05, 3.63) is 35.2 Å². The van der Waals surface area contributed by atoms with E-state index in [1.807, 2.05) is 6.92 Å². The van der Waals surface area contributed by atoms with Crippen molar-refractivity contribution >= 4 is 27.7 Å². The average molecular weight is 204 g/mol. The third kappa shape index (κ3) is 1.70. The van der Waals surface area contributed by atoms with E-state index in [1.54, 1.807) is 11.3 Å². The Morgan fingerprint density at radius 2 is 2.29 bits per heavy atom. The van der Waals surface area contributed by atoms with Crippen molar-refractivity contribution in [2.24, 2.45) is 5.92 Å². The van der Waals surface area contributed by atoms with Crippen LogP contribution in [0.2, 0.25) is 0 Å². The molecular weight excluding hydrogens is 192 g/mol. The quantitative estimate of drug-likeness (QED) is 0.701. The average Bonchev–Trinajstić information content (AvgIpc) is 2.66. The molecule has 72 valence electrons. The van der Waals surface area contributed by atoms with E-state index in [1.165, 1.54) is 15.6 Å². The fourth-order valence-electron chi connectivity index (χ4n) is 1.61. The summed E-state index contributed by atoms with van der Waals surface area (Å²) in [6.07, 6.45) is 1.87. The van der Waals surface area contributed by atoms with Gasteiger partial charge in [0.05, 0.1) is 0 Å². The summed E-state index contributed by atoms with van der Waals surface area (Å²) in [7, 11) is 0. The molecule has 0 aliphatic carbocycles. The fraction of sp³-hybridized carbons (Fsp3) is 0.250. The Morgan fingerprint density at radius 1 is 1.43 bits per heavy atom. The normalized spacial score (nSPS) is 12.9. The van der Waals surface area contributed by atoms with Gasteiger partial charge in [0.2, 0.25) is 0 Å². The first kappa shape index (κ1) is 9.41. The molecule has 0 aliphatic rings. The maximum Gasteiger partial charge on any atom is 0.123 e. The molecule has 1 aromatic heterocycles. The van der Waals surface area contributed by atoms with Crippen molar-refractivity contribution in [3.63, 3.8) is 0 Å². The molecular formula is C12H12OS. The molecule has 14 heavy (non-hydrogen) atoms. The van der Waals surface area contributed by atoms with Gasteiger partial charge >= 0.3 is 0 Å². The van der Waals surface area contributed by atoms with Crippen LogP contribution in [0.15, 0.2) is 29.6 Å². The first-order valence-electron chi connectivity index (χ1n) is 4.71. The van der Waals surface area contributed by atoms with Gasteiger partial charge in [-0.1, -0.05) is 25.1 Å². The molecule has 2 rings (SSSR count). The molecule has 0 fully saturated rings. The zero-order valence-electron chi connectivity index (χ0n) is 8.07. The Balaban J connectivity index is 2.41.